The molecule has 0 aromatic rings. The van der Waals surface area contributed by atoms with Crippen LogP contribution in [0, 0.1) is 11.8 Å². The van der Waals surface area contributed by atoms with Gasteiger partial charge in [-0.3, -0.25) is 4.79 Å². The molecule has 0 aromatic carbocycles. The minimum Gasteiger partial charge on any atom is -0.501 e. The fourth-order valence-electron chi connectivity index (χ4n) is 1.88. The Morgan fingerprint density at radius 2 is 2.23 bits per heavy atom. The number of carbonyl (C=O) groups excluding carboxylic acids is 1. The van der Waals surface area contributed by atoms with Gasteiger partial charge in [-0.05, 0) is 25.2 Å². The van der Waals surface area contributed by atoms with Crippen LogP contribution in [0.4, 0.5) is 0 Å². The van der Waals surface area contributed by atoms with Crippen molar-refractivity contribution in [3.05, 3.63) is 11.8 Å². The van der Waals surface area contributed by atoms with Crippen LogP contribution in [-0.4, -0.2) is 12.4 Å². The van der Waals surface area contributed by atoms with Gasteiger partial charge in [-0.2, -0.15) is 0 Å². The summed E-state index contributed by atoms with van der Waals surface area (Å²) in [5.41, 5.74) is 0.875. The molecule has 1 fully saturated rings. The molecule has 13 heavy (non-hydrogen) atoms. The van der Waals surface area contributed by atoms with E-state index in [4.69, 9.17) is 4.74 Å². The minimum absolute atomic E-state index is 0.264. The lowest BCUT2D eigenvalue weighted by atomic mass is 9.79. The van der Waals surface area contributed by atoms with Crippen molar-refractivity contribution in [3.63, 3.8) is 0 Å². The van der Waals surface area contributed by atoms with Crippen molar-refractivity contribution in [2.24, 2.45) is 11.8 Å². The number of Topliss-reactive ketones (excluding diaryl/α,β-unsaturated/α-hetero) is 1. The van der Waals surface area contributed by atoms with Crippen LogP contribution < -0.4 is 0 Å². The third-order valence-electron chi connectivity index (χ3n) is 2.52. The average molecular weight is 182 g/mol. The van der Waals surface area contributed by atoms with Gasteiger partial charge in [0.05, 0.1) is 12.9 Å². The molecule has 1 rings (SSSR count). The van der Waals surface area contributed by atoms with Gasteiger partial charge >= 0.3 is 0 Å². The molecule has 2 heteroatoms. The predicted octanol–water partition coefficient (Wildman–Crippen LogP) is 2.54. The first kappa shape index (κ1) is 10.3. The molecule has 2 nitrogen and oxygen atoms in total. The van der Waals surface area contributed by atoms with E-state index < -0.39 is 0 Å². The maximum absolute atomic E-state index is 11.6. The van der Waals surface area contributed by atoms with Crippen LogP contribution in [0.5, 0.6) is 0 Å². The molecule has 1 aliphatic rings. The fraction of sp³-hybridized carbons (Fsp3) is 0.727. The molecule has 0 N–H and O–H groups in total. The number of carbonyl (C=O) groups is 1. The molecule has 0 amide bonds. The summed E-state index contributed by atoms with van der Waals surface area (Å²) in [5, 5.41) is 0. The molecule has 0 bridgehead atoms. The Morgan fingerprint density at radius 3 is 2.77 bits per heavy atom. The Hall–Kier alpha value is -0.790. The van der Waals surface area contributed by atoms with Crippen LogP contribution in [-0.2, 0) is 9.53 Å². The van der Waals surface area contributed by atoms with Gasteiger partial charge in [-0.1, -0.05) is 13.8 Å². The van der Waals surface area contributed by atoms with Gasteiger partial charge in [-0.25, -0.2) is 0 Å². The van der Waals surface area contributed by atoms with Crippen LogP contribution in [0.25, 0.3) is 0 Å². The first-order chi connectivity index (χ1) is 6.15. The lowest BCUT2D eigenvalue weighted by Gasteiger charge is -2.25. The third-order valence-corrected chi connectivity index (χ3v) is 2.52. The molecule has 0 heterocycles. The van der Waals surface area contributed by atoms with E-state index in [9.17, 15) is 4.79 Å². The van der Waals surface area contributed by atoms with E-state index in [1.165, 1.54) is 0 Å². The molecule has 1 aliphatic carbocycles. The fourth-order valence-corrected chi connectivity index (χ4v) is 1.88. The molecule has 2 unspecified atom stereocenters. The summed E-state index contributed by atoms with van der Waals surface area (Å²) in [6.07, 6.45) is 3.44. The number of ketones is 1. The Bertz CT molecular complexity index is 218. The summed E-state index contributed by atoms with van der Waals surface area (Å²) in [6, 6.07) is 0. The predicted molar refractivity (Wildman–Crippen MR) is 52.3 cm³/mol. The Kier molecular flexibility index (Phi) is 3.52. The van der Waals surface area contributed by atoms with Crippen molar-refractivity contribution >= 4 is 5.78 Å². The highest BCUT2D eigenvalue weighted by Gasteiger charge is 2.26. The van der Waals surface area contributed by atoms with Gasteiger partial charge in [0.15, 0.2) is 5.78 Å². The molecule has 74 valence electrons. The van der Waals surface area contributed by atoms with Crippen LogP contribution in [0.15, 0.2) is 11.8 Å². The van der Waals surface area contributed by atoms with E-state index >= 15 is 0 Å². The zero-order valence-corrected chi connectivity index (χ0v) is 8.67. The van der Waals surface area contributed by atoms with Crippen LogP contribution >= 0.6 is 0 Å². The maximum atomic E-state index is 11.6. The summed E-state index contributed by atoms with van der Waals surface area (Å²) in [4.78, 5) is 11.6. The highest BCUT2D eigenvalue weighted by molar-refractivity contribution is 5.96. The van der Waals surface area contributed by atoms with Gasteiger partial charge in [0.1, 0.15) is 0 Å². The van der Waals surface area contributed by atoms with E-state index in [1.54, 1.807) is 6.26 Å². The molecule has 0 spiro atoms. The second-order valence-electron chi connectivity index (χ2n) is 3.90. The smallest absolute Gasteiger partial charge is 0.162 e. The summed E-state index contributed by atoms with van der Waals surface area (Å²) < 4.78 is 5.17. The lowest BCUT2D eigenvalue weighted by molar-refractivity contribution is -0.118. The van der Waals surface area contributed by atoms with E-state index in [-0.39, 0.29) is 5.78 Å². The monoisotopic (exact) mass is 182 g/mol. The SMILES string of the molecule is CCO/C=C1/C(=O)CC(C)CC1C. The van der Waals surface area contributed by atoms with Crippen LogP contribution in [0.1, 0.15) is 33.6 Å². The summed E-state index contributed by atoms with van der Waals surface area (Å²) in [6.45, 7) is 6.79. The summed E-state index contributed by atoms with van der Waals surface area (Å²) in [5.74, 6) is 1.16. The summed E-state index contributed by atoms with van der Waals surface area (Å²) in [7, 11) is 0. The normalized spacial score (nSPS) is 32.2. The number of rotatable bonds is 2. The molecule has 0 aliphatic heterocycles. The largest absolute Gasteiger partial charge is 0.501 e. The number of allylic oxidation sites excluding steroid dienone is 1. The van der Waals surface area contributed by atoms with Crippen molar-refractivity contribution in [1.82, 2.24) is 0 Å². The zero-order valence-electron chi connectivity index (χ0n) is 8.67. The van der Waals surface area contributed by atoms with Crippen molar-refractivity contribution < 1.29 is 9.53 Å². The van der Waals surface area contributed by atoms with Crippen molar-refractivity contribution in [1.29, 1.82) is 0 Å². The highest BCUT2D eigenvalue weighted by atomic mass is 16.5. The van der Waals surface area contributed by atoms with E-state index in [0.717, 1.165) is 12.0 Å². The first-order valence-corrected chi connectivity index (χ1v) is 5.00. The van der Waals surface area contributed by atoms with Gasteiger partial charge in [-0.15, -0.1) is 0 Å². The molecule has 0 saturated heterocycles. The molecule has 1 saturated carbocycles. The maximum Gasteiger partial charge on any atom is 0.162 e. The average Bonchev–Trinajstić information content (AvgIpc) is 2.02. The van der Waals surface area contributed by atoms with Gasteiger partial charge in [0.25, 0.3) is 0 Å². The Balaban J connectivity index is 2.67. The quantitative estimate of drug-likeness (QED) is 0.484. The molecule has 0 radical (unpaired) electrons. The van der Waals surface area contributed by atoms with Crippen molar-refractivity contribution in [2.45, 2.75) is 33.6 Å². The highest BCUT2D eigenvalue weighted by Crippen LogP contribution is 2.30. The third kappa shape index (κ3) is 2.58. The Morgan fingerprint density at radius 1 is 1.54 bits per heavy atom. The van der Waals surface area contributed by atoms with E-state index in [2.05, 4.69) is 13.8 Å². The lowest BCUT2D eigenvalue weighted by Crippen LogP contribution is -2.22. The second-order valence-corrected chi connectivity index (χ2v) is 3.90. The van der Waals surface area contributed by atoms with Gasteiger partial charge < -0.3 is 4.74 Å². The standard InChI is InChI=1S/C11H18O2/c1-4-13-7-10-9(3)5-8(2)6-11(10)12/h7-9H,4-6H2,1-3H3/b10-7+. The second kappa shape index (κ2) is 4.45. The van der Waals surface area contributed by atoms with Crippen molar-refractivity contribution in [3.8, 4) is 0 Å². The number of hydrogen-bond acceptors (Lipinski definition) is 2. The summed E-state index contributed by atoms with van der Waals surface area (Å²) >= 11 is 0. The van der Waals surface area contributed by atoms with Gasteiger partial charge in [0.2, 0.25) is 0 Å². The van der Waals surface area contributed by atoms with Crippen LogP contribution in [0.3, 0.4) is 0 Å². The first-order valence-electron chi connectivity index (χ1n) is 5.00. The number of ether oxygens (including phenoxy) is 1. The minimum atomic E-state index is 0.264. The van der Waals surface area contributed by atoms with E-state index in [1.807, 2.05) is 6.92 Å². The van der Waals surface area contributed by atoms with Crippen molar-refractivity contribution in [2.75, 3.05) is 6.61 Å². The molecular weight excluding hydrogens is 164 g/mol. The van der Waals surface area contributed by atoms with E-state index in [0.29, 0.717) is 24.9 Å². The van der Waals surface area contributed by atoms with Gasteiger partial charge in [0, 0.05) is 12.0 Å². The molecule has 2 atom stereocenters. The topological polar surface area (TPSA) is 26.3 Å². The zero-order chi connectivity index (χ0) is 9.84. The number of hydrogen-bond donors (Lipinski definition) is 0. The molecule has 0 aromatic heterocycles. The molecular formula is C11H18O2. The van der Waals surface area contributed by atoms with Crippen LogP contribution in [0.2, 0.25) is 0 Å². The Labute approximate surface area is 80.0 Å².